The fourth-order valence-corrected chi connectivity index (χ4v) is 2.13. The molecule has 0 saturated carbocycles. The zero-order valence-corrected chi connectivity index (χ0v) is 13.9. The number of nitrogens with zero attached hydrogens (tertiary/aromatic N) is 1. The molecule has 0 aliphatic carbocycles. The van der Waals surface area contributed by atoms with Crippen LogP contribution in [0.3, 0.4) is 0 Å². The molecule has 0 amide bonds. The molecule has 0 bridgehead atoms. The zero-order chi connectivity index (χ0) is 12.6. The minimum atomic E-state index is 0. The van der Waals surface area contributed by atoms with Crippen LogP contribution in [-0.4, -0.2) is 12.5 Å². The standard InChI is InChI=1S/C13H17N3OS.HI/c1-2-14-13(15-9-11-5-3-7-17-11)16-10-12-6-4-8-18-12;/h3-8H,2,9-10H2,1H3,(H2,14,15,16);1H. The van der Waals surface area contributed by atoms with E-state index >= 15 is 0 Å². The number of hydrogen-bond acceptors (Lipinski definition) is 3. The van der Waals surface area contributed by atoms with E-state index in [4.69, 9.17) is 4.42 Å². The molecule has 2 rings (SSSR count). The summed E-state index contributed by atoms with van der Waals surface area (Å²) in [5, 5.41) is 8.58. The van der Waals surface area contributed by atoms with Crippen LogP contribution in [0.4, 0.5) is 0 Å². The summed E-state index contributed by atoms with van der Waals surface area (Å²) in [5.41, 5.74) is 0. The summed E-state index contributed by atoms with van der Waals surface area (Å²) in [7, 11) is 0. The van der Waals surface area contributed by atoms with Gasteiger partial charge in [0.1, 0.15) is 12.3 Å². The van der Waals surface area contributed by atoms with E-state index in [1.165, 1.54) is 4.88 Å². The smallest absolute Gasteiger partial charge is 0.191 e. The molecule has 19 heavy (non-hydrogen) atoms. The van der Waals surface area contributed by atoms with Crippen molar-refractivity contribution in [3.05, 3.63) is 46.5 Å². The molecule has 0 atom stereocenters. The Labute approximate surface area is 134 Å². The van der Waals surface area contributed by atoms with Crippen LogP contribution in [-0.2, 0) is 13.1 Å². The van der Waals surface area contributed by atoms with E-state index in [-0.39, 0.29) is 24.0 Å². The second-order valence-electron chi connectivity index (χ2n) is 3.71. The Kier molecular flexibility index (Phi) is 7.57. The van der Waals surface area contributed by atoms with Gasteiger partial charge in [0.05, 0.1) is 12.8 Å². The second kappa shape index (κ2) is 8.98. The highest BCUT2D eigenvalue weighted by atomic mass is 127. The maximum Gasteiger partial charge on any atom is 0.191 e. The number of rotatable bonds is 5. The van der Waals surface area contributed by atoms with Gasteiger partial charge in [-0.05, 0) is 30.5 Å². The van der Waals surface area contributed by atoms with Gasteiger partial charge in [-0.25, -0.2) is 4.99 Å². The molecule has 104 valence electrons. The number of halogens is 1. The maximum atomic E-state index is 5.25. The molecular weight excluding hydrogens is 373 g/mol. The van der Waals surface area contributed by atoms with E-state index in [1.54, 1.807) is 17.6 Å². The van der Waals surface area contributed by atoms with E-state index in [2.05, 4.69) is 40.1 Å². The summed E-state index contributed by atoms with van der Waals surface area (Å²) < 4.78 is 5.25. The van der Waals surface area contributed by atoms with Crippen molar-refractivity contribution in [2.24, 2.45) is 4.99 Å². The second-order valence-corrected chi connectivity index (χ2v) is 4.74. The van der Waals surface area contributed by atoms with Crippen LogP contribution in [0.15, 0.2) is 45.3 Å². The highest BCUT2D eigenvalue weighted by molar-refractivity contribution is 14.0. The lowest BCUT2D eigenvalue weighted by Gasteiger charge is -2.09. The number of guanidine groups is 1. The SMILES string of the molecule is CCNC(=NCc1ccco1)NCc1cccs1.I. The van der Waals surface area contributed by atoms with Crippen LogP contribution >= 0.6 is 35.3 Å². The van der Waals surface area contributed by atoms with Crippen LogP contribution in [0.25, 0.3) is 0 Å². The molecule has 0 aliphatic heterocycles. The number of thiophene rings is 1. The Balaban J connectivity index is 0.00000180. The molecule has 2 heterocycles. The first-order valence-electron chi connectivity index (χ1n) is 5.95. The molecule has 2 N–H and O–H groups in total. The Hall–Kier alpha value is -1.02. The summed E-state index contributed by atoms with van der Waals surface area (Å²) in [4.78, 5) is 5.75. The van der Waals surface area contributed by atoms with Crippen molar-refractivity contribution in [3.8, 4) is 0 Å². The van der Waals surface area contributed by atoms with Gasteiger partial charge in [-0.2, -0.15) is 0 Å². The topological polar surface area (TPSA) is 49.6 Å². The Bertz CT molecular complexity index is 468. The van der Waals surface area contributed by atoms with Crippen molar-refractivity contribution in [2.75, 3.05) is 6.54 Å². The van der Waals surface area contributed by atoms with Gasteiger partial charge in [0, 0.05) is 11.4 Å². The molecule has 6 heteroatoms. The summed E-state index contributed by atoms with van der Waals surface area (Å²) in [6, 6.07) is 7.95. The van der Waals surface area contributed by atoms with Crippen LogP contribution in [0.2, 0.25) is 0 Å². The lowest BCUT2D eigenvalue weighted by molar-refractivity contribution is 0.512. The van der Waals surface area contributed by atoms with Crippen molar-refractivity contribution in [1.29, 1.82) is 0 Å². The van der Waals surface area contributed by atoms with Crippen molar-refractivity contribution in [3.63, 3.8) is 0 Å². The molecule has 0 saturated heterocycles. The summed E-state index contributed by atoms with van der Waals surface area (Å²) >= 11 is 1.74. The average molecular weight is 391 g/mol. The van der Waals surface area contributed by atoms with E-state index in [1.807, 2.05) is 12.1 Å². The number of nitrogens with one attached hydrogen (secondary N) is 2. The van der Waals surface area contributed by atoms with Crippen LogP contribution in [0.1, 0.15) is 17.6 Å². The fraction of sp³-hybridized carbons (Fsp3) is 0.308. The first kappa shape index (κ1) is 16.0. The molecule has 0 unspecified atom stereocenters. The first-order valence-corrected chi connectivity index (χ1v) is 6.83. The van der Waals surface area contributed by atoms with Crippen molar-refractivity contribution >= 4 is 41.3 Å². The molecule has 0 aliphatic rings. The molecule has 4 nitrogen and oxygen atoms in total. The van der Waals surface area contributed by atoms with Crippen molar-refractivity contribution in [1.82, 2.24) is 10.6 Å². The van der Waals surface area contributed by atoms with Crippen LogP contribution in [0.5, 0.6) is 0 Å². The molecule has 0 aromatic carbocycles. The monoisotopic (exact) mass is 391 g/mol. The van der Waals surface area contributed by atoms with E-state index in [0.29, 0.717) is 6.54 Å². The van der Waals surface area contributed by atoms with Gasteiger partial charge >= 0.3 is 0 Å². The lowest BCUT2D eigenvalue weighted by Crippen LogP contribution is -2.36. The predicted octanol–water partition coefficient (Wildman–Crippen LogP) is 3.21. The largest absolute Gasteiger partial charge is 0.467 e. The average Bonchev–Trinajstić information content (AvgIpc) is 3.05. The molecule has 2 aromatic rings. The molecule has 0 spiro atoms. The van der Waals surface area contributed by atoms with Gasteiger partial charge in [0.25, 0.3) is 0 Å². The maximum absolute atomic E-state index is 5.25. The van der Waals surface area contributed by atoms with E-state index < -0.39 is 0 Å². The number of furan rings is 1. The van der Waals surface area contributed by atoms with E-state index in [0.717, 1.165) is 24.8 Å². The predicted molar refractivity (Wildman–Crippen MR) is 90.1 cm³/mol. The van der Waals surface area contributed by atoms with Gasteiger partial charge in [-0.3, -0.25) is 0 Å². The lowest BCUT2D eigenvalue weighted by atomic mass is 10.4. The normalized spacial score (nSPS) is 10.9. The molecule has 0 fully saturated rings. The summed E-state index contributed by atoms with van der Waals surface area (Å²) in [5.74, 6) is 1.67. The highest BCUT2D eigenvalue weighted by Crippen LogP contribution is 2.07. The molecule has 2 aromatic heterocycles. The Morgan fingerprint density at radius 3 is 2.84 bits per heavy atom. The van der Waals surface area contributed by atoms with Gasteiger partial charge in [0.15, 0.2) is 5.96 Å². The quantitative estimate of drug-likeness (QED) is 0.468. The summed E-state index contributed by atoms with van der Waals surface area (Å²) in [6.45, 7) is 4.23. The van der Waals surface area contributed by atoms with Gasteiger partial charge in [0.2, 0.25) is 0 Å². The fourth-order valence-electron chi connectivity index (χ4n) is 1.49. The first-order chi connectivity index (χ1) is 8.88. The third-order valence-electron chi connectivity index (χ3n) is 2.33. The van der Waals surface area contributed by atoms with Crippen molar-refractivity contribution in [2.45, 2.75) is 20.0 Å². The minimum Gasteiger partial charge on any atom is -0.467 e. The van der Waals surface area contributed by atoms with E-state index in [9.17, 15) is 0 Å². The van der Waals surface area contributed by atoms with Crippen molar-refractivity contribution < 1.29 is 4.42 Å². The van der Waals surface area contributed by atoms with Gasteiger partial charge < -0.3 is 15.1 Å². The Morgan fingerprint density at radius 1 is 1.32 bits per heavy atom. The van der Waals surface area contributed by atoms with Crippen LogP contribution < -0.4 is 10.6 Å². The third kappa shape index (κ3) is 5.65. The third-order valence-corrected chi connectivity index (χ3v) is 3.20. The Morgan fingerprint density at radius 2 is 2.21 bits per heavy atom. The summed E-state index contributed by atoms with van der Waals surface area (Å²) in [6.07, 6.45) is 1.66. The highest BCUT2D eigenvalue weighted by Gasteiger charge is 1.99. The molecule has 0 radical (unpaired) electrons. The number of aliphatic imine (C=N–C) groups is 1. The van der Waals surface area contributed by atoms with Gasteiger partial charge in [-0.15, -0.1) is 35.3 Å². The zero-order valence-electron chi connectivity index (χ0n) is 10.8. The van der Waals surface area contributed by atoms with Gasteiger partial charge in [-0.1, -0.05) is 6.07 Å². The van der Waals surface area contributed by atoms with Crippen LogP contribution in [0, 0.1) is 0 Å². The minimum absolute atomic E-state index is 0. The number of hydrogen-bond donors (Lipinski definition) is 2. The molecular formula is C13H18IN3OS.